The molecule has 0 aliphatic rings. The third-order valence-electron chi connectivity index (χ3n) is 4.28. The van der Waals surface area contributed by atoms with E-state index < -0.39 is 35.3 Å². The summed E-state index contributed by atoms with van der Waals surface area (Å²) in [5.41, 5.74) is 3.86. The van der Waals surface area contributed by atoms with E-state index in [9.17, 15) is 18.0 Å². The van der Waals surface area contributed by atoms with Crippen LogP contribution in [0, 0.1) is 17.3 Å². The van der Waals surface area contributed by atoms with E-state index in [1.807, 2.05) is 0 Å². The summed E-state index contributed by atoms with van der Waals surface area (Å²) < 4.78 is 41.3. The van der Waals surface area contributed by atoms with Gasteiger partial charge in [-0.15, -0.1) is 0 Å². The van der Waals surface area contributed by atoms with Crippen LogP contribution in [0.3, 0.4) is 0 Å². The molecular weight excluding hydrogens is 279 g/mol. The number of halogens is 3. The highest BCUT2D eigenvalue weighted by Crippen LogP contribution is 2.54. The van der Waals surface area contributed by atoms with E-state index in [0.29, 0.717) is 0 Å². The highest BCUT2D eigenvalue weighted by atomic mass is 19.4. The van der Waals surface area contributed by atoms with Crippen molar-refractivity contribution in [3.63, 3.8) is 0 Å². The molecule has 118 valence electrons. The van der Waals surface area contributed by atoms with Crippen molar-refractivity contribution >= 4 is 5.91 Å². The number of amides is 1. The minimum absolute atomic E-state index is 0.0752. The highest BCUT2D eigenvalue weighted by Gasteiger charge is 2.60. The standard InChI is InChI=1S/C16H22F3NO/c1-10(2)15(11(3)4,14(20)21)13(16(17,18)19)12-8-6-5-7-9-12/h5-11,13H,1-4H3,(H2,20,21). The Bertz CT molecular complexity index is 472. The summed E-state index contributed by atoms with van der Waals surface area (Å²) in [6, 6.07) is 7.54. The predicted molar refractivity (Wildman–Crippen MR) is 76.5 cm³/mol. The van der Waals surface area contributed by atoms with Gasteiger partial charge in [-0.1, -0.05) is 58.0 Å². The first-order valence-corrected chi connectivity index (χ1v) is 6.97. The molecule has 21 heavy (non-hydrogen) atoms. The average Bonchev–Trinajstić information content (AvgIpc) is 2.33. The first-order valence-electron chi connectivity index (χ1n) is 6.97. The van der Waals surface area contributed by atoms with Gasteiger partial charge in [0.15, 0.2) is 0 Å². The molecule has 0 aliphatic carbocycles. The van der Waals surface area contributed by atoms with Crippen molar-refractivity contribution in [2.45, 2.75) is 39.8 Å². The van der Waals surface area contributed by atoms with Crippen LogP contribution in [-0.2, 0) is 4.79 Å². The van der Waals surface area contributed by atoms with Crippen LogP contribution in [0.25, 0.3) is 0 Å². The van der Waals surface area contributed by atoms with E-state index in [0.717, 1.165) is 0 Å². The molecule has 1 aromatic rings. The molecule has 0 saturated carbocycles. The minimum Gasteiger partial charge on any atom is -0.369 e. The molecule has 1 aromatic carbocycles. The molecule has 0 fully saturated rings. The van der Waals surface area contributed by atoms with Gasteiger partial charge in [0.1, 0.15) is 0 Å². The van der Waals surface area contributed by atoms with Crippen LogP contribution in [0.15, 0.2) is 30.3 Å². The molecule has 0 spiro atoms. The van der Waals surface area contributed by atoms with Crippen molar-refractivity contribution in [1.29, 1.82) is 0 Å². The molecule has 2 nitrogen and oxygen atoms in total. The molecule has 0 saturated heterocycles. The summed E-state index contributed by atoms with van der Waals surface area (Å²) in [5, 5.41) is 0. The summed E-state index contributed by atoms with van der Waals surface area (Å²) in [6.07, 6.45) is -4.55. The number of primary amides is 1. The fourth-order valence-electron chi connectivity index (χ4n) is 3.43. The number of alkyl halides is 3. The summed E-state index contributed by atoms with van der Waals surface area (Å²) in [5.74, 6) is -3.90. The smallest absolute Gasteiger partial charge is 0.369 e. The van der Waals surface area contributed by atoms with Crippen molar-refractivity contribution in [2.75, 3.05) is 0 Å². The zero-order valence-corrected chi connectivity index (χ0v) is 12.7. The lowest BCUT2D eigenvalue weighted by Gasteiger charge is -2.45. The zero-order chi connectivity index (χ0) is 16.4. The van der Waals surface area contributed by atoms with E-state index in [4.69, 9.17) is 5.73 Å². The maximum atomic E-state index is 13.8. The number of hydrogen-bond acceptors (Lipinski definition) is 1. The van der Waals surface area contributed by atoms with Crippen molar-refractivity contribution in [1.82, 2.24) is 0 Å². The molecule has 0 aromatic heterocycles. The maximum absolute atomic E-state index is 13.8. The number of rotatable bonds is 5. The Labute approximate surface area is 123 Å². The van der Waals surface area contributed by atoms with Gasteiger partial charge in [0.05, 0.1) is 11.3 Å². The molecule has 2 N–H and O–H groups in total. The average molecular weight is 301 g/mol. The van der Waals surface area contributed by atoms with Crippen LogP contribution in [0.4, 0.5) is 13.2 Å². The number of carbonyl (C=O) groups is 1. The van der Waals surface area contributed by atoms with Crippen LogP contribution in [-0.4, -0.2) is 12.1 Å². The Morgan fingerprint density at radius 3 is 1.71 bits per heavy atom. The Morgan fingerprint density at radius 1 is 1.00 bits per heavy atom. The lowest BCUT2D eigenvalue weighted by atomic mass is 9.58. The van der Waals surface area contributed by atoms with Crippen LogP contribution >= 0.6 is 0 Å². The molecule has 1 amide bonds. The molecule has 1 atom stereocenters. The monoisotopic (exact) mass is 301 g/mol. The number of benzene rings is 1. The van der Waals surface area contributed by atoms with Gasteiger partial charge in [-0.2, -0.15) is 13.2 Å². The topological polar surface area (TPSA) is 43.1 Å². The van der Waals surface area contributed by atoms with Crippen molar-refractivity contribution in [3.05, 3.63) is 35.9 Å². The summed E-state index contributed by atoms with van der Waals surface area (Å²) in [6.45, 7) is 6.47. The van der Waals surface area contributed by atoms with Gasteiger partial charge in [0.25, 0.3) is 0 Å². The van der Waals surface area contributed by atoms with Crippen molar-refractivity contribution in [2.24, 2.45) is 23.0 Å². The lowest BCUT2D eigenvalue weighted by molar-refractivity contribution is -0.196. The van der Waals surface area contributed by atoms with E-state index >= 15 is 0 Å². The predicted octanol–water partition coefficient (Wildman–Crippen LogP) is 4.12. The van der Waals surface area contributed by atoms with E-state index in [-0.39, 0.29) is 5.56 Å². The van der Waals surface area contributed by atoms with E-state index in [1.165, 1.54) is 12.1 Å². The van der Waals surface area contributed by atoms with Gasteiger partial charge in [-0.25, -0.2) is 0 Å². The van der Waals surface area contributed by atoms with Crippen molar-refractivity contribution in [3.8, 4) is 0 Å². The SMILES string of the molecule is CC(C)C(C(N)=O)(C(C)C)C(c1ccccc1)C(F)(F)F. The van der Waals surface area contributed by atoms with Gasteiger partial charge >= 0.3 is 6.18 Å². The van der Waals surface area contributed by atoms with Gasteiger partial charge in [0.2, 0.25) is 5.91 Å². The molecule has 5 heteroatoms. The second-order valence-corrected chi connectivity index (χ2v) is 5.99. The summed E-state index contributed by atoms with van der Waals surface area (Å²) >= 11 is 0. The Kier molecular flexibility index (Phi) is 5.07. The Morgan fingerprint density at radius 2 is 1.43 bits per heavy atom. The molecule has 0 radical (unpaired) electrons. The molecule has 0 heterocycles. The lowest BCUT2D eigenvalue weighted by Crippen LogP contribution is -2.54. The first-order chi connectivity index (χ1) is 9.56. The fraction of sp³-hybridized carbons (Fsp3) is 0.562. The minimum atomic E-state index is -4.55. The second-order valence-electron chi connectivity index (χ2n) is 5.99. The fourth-order valence-corrected chi connectivity index (χ4v) is 3.43. The maximum Gasteiger partial charge on any atom is 0.396 e. The van der Waals surface area contributed by atoms with Crippen molar-refractivity contribution < 1.29 is 18.0 Å². The van der Waals surface area contributed by atoms with Crippen LogP contribution in [0.1, 0.15) is 39.2 Å². The van der Waals surface area contributed by atoms with Gasteiger partial charge in [-0.3, -0.25) is 4.79 Å². The third kappa shape index (κ3) is 3.06. The van der Waals surface area contributed by atoms with Gasteiger partial charge in [0, 0.05) is 0 Å². The number of nitrogens with two attached hydrogens (primary N) is 1. The summed E-state index contributed by atoms with van der Waals surface area (Å²) in [7, 11) is 0. The van der Waals surface area contributed by atoms with Gasteiger partial charge < -0.3 is 5.73 Å². The largest absolute Gasteiger partial charge is 0.396 e. The second kappa shape index (κ2) is 6.08. The van der Waals surface area contributed by atoms with Gasteiger partial charge in [-0.05, 0) is 17.4 Å². The third-order valence-corrected chi connectivity index (χ3v) is 4.28. The zero-order valence-electron chi connectivity index (χ0n) is 12.7. The Balaban J connectivity index is 3.65. The van der Waals surface area contributed by atoms with E-state index in [2.05, 4.69) is 0 Å². The van der Waals surface area contributed by atoms with E-state index in [1.54, 1.807) is 45.9 Å². The van der Waals surface area contributed by atoms with Crippen LogP contribution in [0.5, 0.6) is 0 Å². The number of carbonyl (C=O) groups excluding carboxylic acids is 1. The van der Waals surface area contributed by atoms with Crippen LogP contribution in [0.2, 0.25) is 0 Å². The molecule has 0 aliphatic heterocycles. The number of hydrogen-bond donors (Lipinski definition) is 1. The molecule has 1 rings (SSSR count). The van der Waals surface area contributed by atoms with Crippen LogP contribution < -0.4 is 5.73 Å². The summed E-state index contributed by atoms with van der Waals surface area (Å²) in [4.78, 5) is 12.1. The molecule has 0 bridgehead atoms. The quantitative estimate of drug-likeness (QED) is 0.873. The Hall–Kier alpha value is -1.52. The molecule has 1 unspecified atom stereocenters. The normalized spacial score (nSPS) is 14.5. The first kappa shape index (κ1) is 17.5. The molecular formula is C16H22F3NO. The highest BCUT2D eigenvalue weighted by molar-refractivity contribution is 5.83.